The van der Waals surface area contributed by atoms with E-state index in [0.717, 1.165) is 22.3 Å². The Hall–Kier alpha value is -4.04. The second-order valence-corrected chi connectivity index (χ2v) is 10.3. The summed E-state index contributed by atoms with van der Waals surface area (Å²) in [5.41, 5.74) is 3.92. The molecule has 1 saturated heterocycles. The van der Waals surface area contributed by atoms with Gasteiger partial charge in [-0.25, -0.2) is 9.18 Å². The average Bonchev–Trinajstić information content (AvgIpc) is 3.45. The smallest absolute Gasteiger partial charge is 0.329 e. The summed E-state index contributed by atoms with van der Waals surface area (Å²) in [5.74, 6) is -1.38. The molecule has 2 N–H and O–H groups in total. The van der Waals surface area contributed by atoms with E-state index >= 15 is 4.39 Å². The molecule has 0 bridgehead atoms. The Bertz CT molecular complexity index is 1400. The van der Waals surface area contributed by atoms with Crippen molar-refractivity contribution in [3.8, 4) is 11.1 Å². The Morgan fingerprint density at radius 3 is 2.49 bits per heavy atom. The van der Waals surface area contributed by atoms with Crippen LogP contribution in [0.25, 0.3) is 11.1 Å². The molecule has 1 fully saturated rings. The van der Waals surface area contributed by atoms with Gasteiger partial charge in [0.25, 0.3) is 5.91 Å². The second kappa shape index (κ2) is 11.0. The fourth-order valence-electron chi connectivity index (χ4n) is 5.63. The first-order valence-electron chi connectivity index (χ1n) is 13.1. The van der Waals surface area contributed by atoms with Crippen molar-refractivity contribution >= 4 is 17.8 Å². The van der Waals surface area contributed by atoms with Crippen LogP contribution >= 0.6 is 0 Å². The van der Waals surface area contributed by atoms with E-state index in [4.69, 9.17) is 4.74 Å². The summed E-state index contributed by atoms with van der Waals surface area (Å²) in [6, 6.07) is 21.7. The van der Waals surface area contributed by atoms with Crippen LogP contribution in [0, 0.1) is 0 Å². The summed E-state index contributed by atoms with van der Waals surface area (Å²) in [4.78, 5) is 40.3. The summed E-state index contributed by atoms with van der Waals surface area (Å²) in [7, 11) is 1.62. The van der Waals surface area contributed by atoms with E-state index in [2.05, 4.69) is 23.6 Å². The van der Waals surface area contributed by atoms with Gasteiger partial charge in [0.2, 0.25) is 5.91 Å². The normalized spacial score (nSPS) is 21.3. The Kier molecular flexibility index (Phi) is 7.48. The lowest BCUT2D eigenvalue weighted by molar-refractivity contribution is -0.154. The number of esters is 1. The average molecular weight is 530 g/mol. The first-order chi connectivity index (χ1) is 18.8. The van der Waals surface area contributed by atoms with E-state index in [1.54, 1.807) is 13.1 Å². The molecular formula is C31H32FN3O4. The number of likely N-dealkylation sites (tertiary alicyclic amines) is 1. The lowest BCUT2D eigenvalue weighted by Crippen LogP contribution is -2.47. The number of benzene rings is 3. The maximum atomic E-state index is 15.5. The number of hydrogen-bond acceptors (Lipinski definition) is 5. The number of alkyl halides is 1. The van der Waals surface area contributed by atoms with Gasteiger partial charge in [0.1, 0.15) is 18.3 Å². The van der Waals surface area contributed by atoms with Crippen LogP contribution in [0.5, 0.6) is 0 Å². The van der Waals surface area contributed by atoms with Gasteiger partial charge >= 0.3 is 5.97 Å². The molecule has 202 valence electrons. The molecule has 2 unspecified atom stereocenters. The monoisotopic (exact) mass is 529 g/mol. The molecule has 2 amide bonds. The van der Waals surface area contributed by atoms with Crippen molar-refractivity contribution in [2.75, 3.05) is 26.7 Å². The summed E-state index contributed by atoms with van der Waals surface area (Å²) >= 11 is 0. The van der Waals surface area contributed by atoms with Gasteiger partial charge in [-0.3, -0.25) is 9.59 Å². The van der Waals surface area contributed by atoms with Crippen LogP contribution in [0.2, 0.25) is 0 Å². The molecule has 1 aliphatic heterocycles. The molecule has 0 spiro atoms. The predicted molar refractivity (Wildman–Crippen MR) is 146 cm³/mol. The lowest BCUT2D eigenvalue weighted by atomic mass is 9.98. The third-order valence-corrected chi connectivity index (χ3v) is 7.60. The molecule has 7 nitrogen and oxygen atoms in total. The van der Waals surface area contributed by atoms with E-state index in [9.17, 15) is 14.4 Å². The van der Waals surface area contributed by atoms with Crippen LogP contribution in [-0.4, -0.2) is 61.1 Å². The van der Waals surface area contributed by atoms with Gasteiger partial charge in [-0.2, -0.15) is 0 Å². The number of ether oxygens (including phenoxy) is 1. The molecule has 2 aliphatic rings. The molecule has 8 heteroatoms. The van der Waals surface area contributed by atoms with E-state index in [1.165, 1.54) is 10.5 Å². The molecule has 39 heavy (non-hydrogen) atoms. The molecule has 0 saturated carbocycles. The highest BCUT2D eigenvalue weighted by atomic mass is 19.1. The van der Waals surface area contributed by atoms with E-state index in [1.807, 2.05) is 60.7 Å². The second-order valence-electron chi connectivity index (χ2n) is 10.3. The maximum absolute atomic E-state index is 15.5. The minimum atomic E-state index is -1.78. The Morgan fingerprint density at radius 2 is 1.72 bits per heavy atom. The van der Waals surface area contributed by atoms with Crippen molar-refractivity contribution in [1.29, 1.82) is 0 Å². The van der Waals surface area contributed by atoms with Gasteiger partial charge in [0.05, 0.1) is 13.1 Å². The van der Waals surface area contributed by atoms with Gasteiger partial charge in [0, 0.05) is 24.4 Å². The minimum absolute atomic E-state index is 0.0133. The number of rotatable bonds is 8. The van der Waals surface area contributed by atoms with Gasteiger partial charge < -0.3 is 20.3 Å². The number of amides is 2. The summed E-state index contributed by atoms with van der Waals surface area (Å²) < 4.78 is 20.9. The predicted octanol–water partition coefficient (Wildman–Crippen LogP) is 3.82. The number of halogens is 1. The highest BCUT2D eigenvalue weighted by Crippen LogP contribution is 2.44. The zero-order valence-electron chi connectivity index (χ0n) is 22.1. The Morgan fingerprint density at radius 1 is 1.00 bits per heavy atom. The number of hydrogen-bond donors (Lipinski definition) is 2. The Balaban J connectivity index is 1.26. The molecule has 3 atom stereocenters. The first-order valence-corrected chi connectivity index (χ1v) is 13.1. The number of carbonyl (C=O) groups excluding carboxylic acids is 3. The van der Waals surface area contributed by atoms with E-state index < -0.39 is 29.5 Å². The van der Waals surface area contributed by atoms with Crippen molar-refractivity contribution in [1.82, 2.24) is 15.5 Å². The number of carbonyl (C=O) groups is 3. The molecule has 0 aromatic heterocycles. The van der Waals surface area contributed by atoms with E-state index in [0.29, 0.717) is 5.56 Å². The first kappa shape index (κ1) is 26.6. The molecular weight excluding hydrogens is 497 g/mol. The molecule has 3 aromatic carbocycles. The van der Waals surface area contributed by atoms with Crippen LogP contribution in [0.4, 0.5) is 4.39 Å². The standard InChI is InChI=1S/C31H32FN3O4/c1-20-23-10-6-7-11-25(23)26-14-22(12-13-24(20)26)29(37)34-16-28(36)35-19-31(32,18-33-2)15-27(35)30(38)39-17-21-8-4-3-5-9-21/h3-14,20,27,33H,15-19H2,1-2H3,(H,34,37)/t20?,27?,31-/m0/s1. The third-order valence-electron chi connectivity index (χ3n) is 7.60. The van der Waals surface area contributed by atoms with Crippen LogP contribution in [-0.2, 0) is 20.9 Å². The molecule has 3 aromatic rings. The van der Waals surface area contributed by atoms with Gasteiger partial charge in [0.15, 0.2) is 0 Å². The van der Waals surface area contributed by atoms with Crippen LogP contribution in [0.3, 0.4) is 0 Å². The summed E-state index contributed by atoms with van der Waals surface area (Å²) in [5, 5.41) is 5.45. The fourth-order valence-corrected chi connectivity index (χ4v) is 5.63. The van der Waals surface area contributed by atoms with Crippen LogP contribution < -0.4 is 10.6 Å². The van der Waals surface area contributed by atoms with Crippen molar-refractivity contribution in [3.05, 3.63) is 95.1 Å². The molecule has 1 heterocycles. The van der Waals surface area contributed by atoms with Crippen LogP contribution in [0.15, 0.2) is 72.8 Å². The quantitative estimate of drug-likeness (QED) is 0.434. The fraction of sp³-hybridized carbons (Fsp3) is 0.323. The largest absolute Gasteiger partial charge is 0.459 e. The molecule has 5 rings (SSSR count). The van der Waals surface area contributed by atoms with Crippen molar-refractivity contribution < 1.29 is 23.5 Å². The lowest BCUT2D eigenvalue weighted by Gasteiger charge is -2.23. The van der Waals surface area contributed by atoms with Gasteiger partial charge in [-0.1, -0.05) is 67.6 Å². The van der Waals surface area contributed by atoms with Crippen molar-refractivity contribution in [2.24, 2.45) is 0 Å². The molecule has 1 aliphatic carbocycles. The SMILES string of the molecule is CNC[C@@]1(F)CC(C(=O)OCc2ccccc2)N(C(=O)CNC(=O)c2ccc3c(c2)-c2ccccc2C3C)C1. The van der Waals surface area contributed by atoms with Gasteiger partial charge in [-0.15, -0.1) is 0 Å². The summed E-state index contributed by atoms with van der Waals surface area (Å²) in [6.45, 7) is 1.53. The summed E-state index contributed by atoms with van der Waals surface area (Å²) in [6.07, 6.45) is -0.177. The Labute approximate surface area is 227 Å². The third kappa shape index (κ3) is 5.43. The highest BCUT2D eigenvalue weighted by Gasteiger charge is 2.49. The topological polar surface area (TPSA) is 87.7 Å². The number of fused-ring (bicyclic) bond motifs is 3. The maximum Gasteiger partial charge on any atom is 0.329 e. The molecule has 0 radical (unpaired) electrons. The zero-order chi connectivity index (χ0) is 27.6. The van der Waals surface area contributed by atoms with Crippen molar-refractivity contribution in [3.63, 3.8) is 0 Å². The van der Waals surface area contributed by atoms with Gasteiger partial charge in [-0.05, 0) is 47.0 Å². The zero-order valence-corrected chi connectivity index (χ0v) is 22.1. The van der Waals surface area contributed by atoms with E-state index in [-0.39, 0.29) is 38.6 Å². The number of nitrogens with one attached hydrogen (secondary N) is 2. The number of nitrogens with zero attached hydrogens (tertiary/aromatic N) is 1. The highest BCUT2D eigenvalue weighted by molar-refractivity contribution is 5.99. The van der Waals surface area contributed by atoms with Crippen LogP contribution in [0.1, 0.15) is 46.3 Å². The van der Waals surface area contributed by atoms with Crippen molar-refractivity contribution in [2.45, 2.75) is 37.6 Å². The minimum Gasteiger partial charge on any atom is -0.459 e.